The monoisotopic (exact) mass is 256 g/mol. The van der Waals surface area contributed by atoms with Crippen molar-refractivity contribution in [1.82, 2.24) is 0 Å². The molecule has 0 unspecified atom stereocenters. The Labute approximate surface area is 84.9 Å². The standard InChI is InChI=1S/C4H4O4.Ce/c5-3(6)1-2-4(7)8;/h1-2H,(H,5,6)(H,7,8);/b2-1-;. The summed E-state index contributed by atoms with van der Waals surface area (Å²) in [6.07, 6.45) is 1.12. The predicted octanol–water partition coefficient (Wildman–Crippen LogP) is -0.288. The summed E-state index contributed by atoms with van der Waals surface area (Å²) in [5.74, 6) is -2.51. The van der Waals surface area contributed by atoms with Gasteiger partial charge < -0.3 is 10.2 Å². The Kier molecular flexibility index (Phi) is 8.11. The maximum Gasteiger partial charge on any atom is 0.328 e. The molecule has 0 bridgehead atoms. The zero-order valence-corrected chi connectivity index (χ0v) is 7.51. The summed E-state index contributed by atoms with van der Waals surface area (Å²) < 4.78 is 0. The third-order valence-electron chi connectivity index (χ3n) is 0.368. The normalized spacial score (nSPS) is 8.44. The molecule has 0 amide bonds. The molecule has 0 spiro atoms. The zero-order chi connectivity index (χ0) is 6.57. The van der Waals surface area contributed by atoms with E-state index in [0.717, 1.165) is 0 Å². The number of hydrogen-bond donors (Lipinski definition) is 2. The third-order valence-corrected chi connectivity index (χ3v) is 0.368. The summed E-state index contributed by atoms with van der Waals surface area (Å²) in [5, 5.41) is 15.6. The molecular weight excluding hydrogens is 252 g/mol. The molecule has 0 saturated heterocycles. The van der Waals surface area contributed by atoms with E-state index in [1.807, 2.05) is 0 Å². The Bertz CT molecular complexity index is 124. The van der Waals surface area contributed by atoms with Gasteiger partial charge in [-0.1, -0.05) is 0 Å². The maximum absolute atomic E-state index is 9.55. The van der Waals surface area contributed by atoms with Crippen LogP contribution in [0.1, 0.15) is 0 Å². The average Bonchev–Trinajstić information content (AvgIpc) is 1.61. The van der Waals surface area contributed by atoms with Crippen molar-refractivity contribution in [2.24, 2.45) is 0 Å². The minimum absolute atomic E-state index is 0. The second-order valence-electron chi connectivity index (χ2n) is 1.01. The van der Waals surface area contributed by atoms with Gasteiger partial charge in [-0.15, -0.1) is 0 Å². The van der Waals surface area contributed by atoms with Crippen LogP contribution in [0.2, 0.25) is 0 Å². The first-order valence-electron chi connectivity index (χ1n) is 1.77. The molecule has 0 rings (SSSR count). The summed E-state index contributed by atoms with van der Waals surface area (Å²) in [6.45, 7) is 0. The van der Waals surface area contributed by atoms with Gasteiger partial charge in [0.25, 0.3) is 0 Å². The van der Waals surface area contributed by atoms with Crippen LogP contribution in [0.3, 0.4) is 0 Å². The Balaban J connectivity index is 0. The molecule has 0 aliphatic carbocycles. The van der Waals surface area contributed by atoms with Crippen molar-refractivity contribution in [2.75, 3.05) is 0 Å². The van der Waals surface area contributed by atoms with Crippen molar-refractivity contribution in [3.63, 3.8) is 0 Å². The molecular formula is C4H4CeO4. The van der Waals surface area contributed by atoms with Crippen molar-refractivity contribution >= 4 is 11.9 Å². The second kappa shape index (κ2) is 6.18. The Morgan fingerprint density at radius 1 is 1.00 bits per heavy atom. The SMILES string of the molecule is O=C(O)/C=C\C(=O)O.[Ce]. The molecule has 0 aromatic rings. The molecule has 9 heavy (non-hydrogen) atoms. The van der Waals surface area contributed by atoms with Crippen molar-refractivity contribution < 1.29 is 61.5 Å². The number of carboxylic acids is 2. The number of hydrogen-bond acceptors (Lipinski definition) is 2. The van der Waals surface area contributed by atoms with Crippen LogP contribution in [0.4, 0.5) is 0 Å². The van der Waals surface area contributed by atoms with E-state index in [1.54, 1.807) is 0 Å². The fourth-order valence-corrected chi connectivity index (χ4v) is 0.143. The first-order chi connectivity index (χ1) is 3.63. The van der Waals surface area contributed by atoms with Gasteiger partial charge in [-0.25, -0.2) is 9.59 Å². The Morgan fingerprint density at radius 2 is 1.22 bits per heavy atom. The minimum Gasteiger partial charge on any atom is -0.478 e. The van der Waals surface area contributed by atoms with E-state index < -0.39 is 11.9 Å². The number of aliphatic carboxylic acids is 2. The quantitative estimate of drug-likeness (QED) is 0.666. The molecule has 0 heterocycles. The van der Waals surface area contributed by atoms with Gasteiger partial charge in [-0.2, -0.15) is 0 Å². The summed E-state index contributed by atoms with van der Waals surface area (Å²) in [5.41, 5.74) is 0. The van der Waals surface area contributed by atoms with Gasteiger partial charge in [0.2, 0.25) is 0 Å². The van der Waals surface area contributed by atoms with Crippen LogP contribution in [-0.2, 0) is 9.59 Å². The molecule has 0 saturated carbocycles. The number of carbonyl (C=O) groups is 2. The van der Waals surface area contributed by atoms with Crippen LogP contribution in [-0.4, -0.2) is 22.2 Å². The molecule has 0 radical (unpaired) electrons. The Morgan fingerprint density at radius 3 is 1.33 bits per heavy atom. The zero-order valence-electron chi connectivity index (χ0n) is 4.37. The van der Waals surface area contributed by atoms with E-state index in [2.05, 4.69) is 0 Å². The van der Waals surface area contributed by atoms with Crippen molar-refractivity contribution in [3.05, 3.63) is 12.2 Å². The van der Waals surface area contributed by atoms with E-state index in [9.17, 15) is 9.59 Å². The van der Waals surface area contributed by atoms with E-state index in [1.165, 1.54) is 0 Å². The number of rotatable bonds is 2. The van der Waals surface area contributed by atoms with Gasteiger partial charge in [0, 0.05) is 53.9 Å². The van der Waals surface area contributed by atoms with E-state index in [0.29, 0.717) is 12.2 Å². The second-order valence-corrected chi connectivity index (χ2v) is 1.01. The van der Waals surface area contributed by atoms with Crippen LogP contribution in [0, 0.1) is 41.7 Å². The van der Waals surface area contributed by atoms with Crippen LogP contribution >= 0.6 is 0 Å². The topological polar surface area (TPSA) is 74.6 Å². The summed E-state index contributed by atoms with van der Waals surface area (Å²) in [4.78, 5) is 19.1. The van der Waals surface area contributed by atoms with Gasteiger partial charge >= 0.3 is 11.9 Å². The molecule has 0 aromatic heterocycles. The van der Waals surface area contributed by atoms with Crippen molar-refractivity contribution in [3.8, 4) is 0 Å². The Hall–Kier alpha value is 0.0566. The van der Waals surface area contributed by atoms with Gasteiger partial charge in [-0.05, 0) is 0 Å². The molecule has 2 N–H and O–H groups in total. The summed E-state index contributed by atoms with van der Waals surface area (Å²) in [7, 11) is 0. The first-order valence-corrected chi connectivity index (χ1v) is 1.77. The van der Waals surface area contributed by atoms with Crippen LogP contribution in [0.25, 0.3) is 0 Å². The maximum atomic E-state index is 9.55. The largest absolute Gasteiger partial charge is 0.478 e. The molecule has 0 atom stereocenters. The van der Waals surface area contributed by atoms with E-state index in [4.69, 9.17) is 10.2 Å². The fraction of sp³-hybridized carbons (Fsp3) is 0. The van der Waals surface area contributed by atoms with E-state index in [-0.39, 0.29) is 41.7 Å². The van der Waals surface area contributed by atoms with Crippen LogP contribution in [0.5, 0.6) is 0 Å². The third kappa shape index (κ3) is 11.6. The molecule has 48 valence electrons. The van der Waals surface area contributed by atoms with Gasteiger partial charge in [0.05, 0.1) is 0 Å². The average molecular weight is 256 g/mol. The van der Waals surface area contributed by atoms with E-state index >= 15 is 0 Å². The summed E-state index contributed by atoms with van der Waals surface area (Å²) in [6, 6.07) is 0. The van der Waals surface area contributed by atoms with Crippen LogP contribution < -0.4 is 0 Å². The van der Waals surface area contributed by atoms with Crippen molar-refractivity contribution in [2.45, 2.75) is 0 Å². The fourth-order valence-electron chi connectivity index (χ4n) is 0.143. The van der Waals surface area contributed by atoms with Gasteiger partial charge in [0.1, 0.15) is 0 Å². The summed E-state index contributed by atoms with van der Waals surface area (Å²) >= 11 is 0. The first kappa shape index (κ1) is 11.8. The molecule has 0 aliphatic rings. The van der Waals surface area contributed by atoms with Gasteiger partial charge in [-0.3, -0.25) is 0 Å². The molecule has 5 heteroatoms. The predicted molar refractivity (Wildman–Crippen MR) is 24.4 cm³/mol. The number of carboxylic acid groups (broad SMARTS) is 2. The van der Waals surface area contributed by atoms with Crippen LogP contribution in [0.15, 0.2) is 12.2 Å². The van der Waals surface area contributed by atoms with Gasteiger partial charge in [0.15, 0.2) is 0 Å². The van der Waals surface area contributed by atoms with Crippen molar-refractivity contribution in [1.29, 1.82) is 0 Å². The molecule has 0 fully saturated rings. The molecule has 0 aliphatic heterocycles. The molecule has 0 aromatic carbocycles. The molecule has 4 nitrogen and oxygen atoms in total. The minimum atomic E-state index is -1.26. The smallest absolute Gasteiger partial charge is 0.328 e.